The highest BCUT2D eigenvalue weighted by Gasteiger charge is 2.38. The van der Waals surface area contributed by atoms with Crippen LogP contribution in [0.25, 0.3) is 11.1 Å². The number of quaternary nitrogens is 1. The van der Waals surface area contributed by atoms with Crippen molar-refractivity contribution in [3.05, 3.63) is 94.8 Å². The summed E-state index contributed by atoms with van der Waals surface area (Å²) in [7, 11) is 4.61. The highest BCUT2D eigenvalue weighted by molar-refractivity contribution is 5.94. The number of likely N-dealkylation sites (tertiary alicyclic amines) is 1. The molecule has 0 radical (unpaired) electrons. The summed E-state index contributed by atoms with van der Waals surface area (Å²) in [5.74, 6) is -5.43. The van der Waals surface area contributed by atoms with Crippen molar-refractivity contribution >= 4 is 17.8 Å². The van der Waals surface area contributed by atoms with E-state index in [4.69, 9.17) is 19.8 Å². The molecule has 1 atom stereocenters. The first-order valence-corrected chi connectivity index (χ1v) is 17.2. The minimum Gasteiger partial charge on any atom is -0.542 e. The largest absolute Gasteiger partial charge is 0.542 e. The van der Waals surface area contributed by atoms with Crippen LogP contribution in [-0.2, 0) is 29.1 Å². The molecule has 2 aliphatic heterocycles. The highest BCUT2D eigenvalue weighted by Crippen LogP contribution is 2.27. The van der Waals surface area contributed by atoms with Crippen molar-refractivity contribution in [2.45, 2.75) is 57.7 Å². The third kappa shape index (κ3) is 14.7. The van der Waals surface area contributed by atoms with Gasteiger partial charge in [0, 0.05) is 49.9 Å². The van der Waals surface area contributed by atoms with E-state index in [0.29, 0.717) is 29.6 Å². The smallest absolute Gasteiger partial charge is 0.490 e. The molecule has 0 aliphatic carbocycles. The molecule has 2 fully saturated rings. The number of benzene rings is 3. The van der Waals surface area contributed by atoms with Gasteiger partial charge in [-0.15, -0.1) is 0 Å². The van der Waals surface area contributed by atoms with Gasteiger partial charge in [-0.1, -0.05) is 36.4 Å². The topological polar surface area (TPSA) is 122 Å². The summed E-state index contributed by atoms with van der Waals surface area (Å²) in [4.78, 5) is 33.1. The lowest BCUT2D eigenvalue weighted by Crippen LogP contribution is -2.48. The lowest BCUT2D eigenvalue weighted by Gasteiger charge is -2.37. The molecule has 9 nitrogen and oxygen atoms in total. The van der Waals surface area contributed by atoms with Gasteiger partial charge in [0.2, 0.25) is 0 Å². The van der Waals surface area contributed by atoms with Crippen LogP contribution in [0.3, 0.4) is 0 Å². The maximum Gasteiger partial charge on any atom is 0.490 e. The van der Waals surface area contributed by atoms with Gasteiger partial charge < -0.3 is 30.1 Å². The second-order valence-corrected chi connectivity index (χ2v) is 14.1. The van der Waals surface area contributed by atoms with Crippen LogP contribution < -0.4 is 15.7 Å². The van der Waals surface area contributed by atoms with Crippen LogP contribution in [0, 0.1) is 11.7 Å². The Kier molecular flexibility index (Phi) is 15.6. The zero-order chi connectivity index (χ0) is 40.3. The van der Waals surface area contributed by atoms with Crippen LogP contribution in [0.4, 0.5) is 30.7 Å². The minimum atomic E-state index is -5.19. The third-order valence-electron chi connectivity index (χ3n) is 9.05. The lowest BCUT2D eigenvalue weighted by atomic mass is 9.89. The number of piperazine rings is 1. The van der Waals surface area contributed by atoms with E-state index in [1.165, 1.54) is 43.1 Å². The van der Waals surface area contributed by atoms with E-state index in [2.05, 4.69) is 54.8 Å². The monoisotopic (exact) mass is 770 g/mol. The molecule has 3 aromatic carbocycles. The number of carboxylic acids is 2. The summed E-state index contributed by atoms with van der Waals surface area (Å²) in [5, 5.41) is 22.4. The number of nitrogens with one attached hydrogen (secondary N) is 2. The van der Waals surface area contributed by atoms with E-state index in [1.54, 1.807) is 6.07 Å². The molecule has 0 bridgehead atoms. The Morgan fingerprint density at radius 2 is 1.52 bits per heavy atom. The Bertz CT molecular complexity index is 1700. The average molecular weight is 771 g/mol. The Hall–Kier alpha value is -4.54. The molecular formula is C38H45F7N4O5. The summed E-state index contributed by atoms with van der Waals surface area (Å²) in [6, 6.07) is 21.8. The second kappa shape index (κ2) is 19.2. The number of carbonyl (C=O) groups is 3. The summed E-state index contributed by atoms with van der Waals surface area (Å²) < 4.78 is 79.3. The van der Waals surface area contributed by atoms with Crippen molar-refractivity contribution in [3.8, 4) is 11.1 Å². The molecule has 54 heavy (non-hydrogen) atoms. The number of hydrogen-bond acceptors (Lipinski definition) is 6. The summed E-state index contributed by atoms with van der Waals surface area (Å²) in [6.07, 6.45) is -6.79. The molecule has 16 heteroatoms. The van der Waals surface area contributed by atoms with Gasteiger partial charge in [0.1, 0.15) is 11.8 Å². The number of alkyl halides is 6. The molecule has 5 rings (SSSR count). The van der Waals surface area contributed by atoms with Crippen molar-refractivity contribution in [3.63, 3.8) is 0 Å². The molecule has 3 aromatic rings. The number of hydrogen-bond donors (Lipinski definition) is 3. The van der Waals surface area contributed by atoms with Gasteiger partial charge in [-0.3, -0.25) is 9.69 Å². The maximum atomic E-state index is 14.9. The molecule has 0 unspecified atom stereocenters. The number of halogens is 7. The number of nitrogens with zero attached hydrogens (tertiary/aromatic N) is 2. The van der Waals surface area contributed by atoms with Crippen LogP contribution in [0.15, 0.2) is 66.7 Å². The first kappa shape index (κ1) is 43.9. The second-order valence-electron chi connectivity index (χ2n) is 14.1. The van der Waals surface area contributed by atoms with Gasteiger partial charge in [0.05, 0.1) is 27.2 Å². The first-order chi connectivity index (χ1) is 25.1. The fourth-order valence-corrected chi connectivity index (χ4v) is 6.14. The number of amides is 1. The zero-order valence-corrected chi connectivity index (χ0v) is 30.2. The van der Waals surface area contributed by atoms with Crippen LogP contribution in [0.5, 0.6) is 0 Å². The van der Waals surface area contributed by atoms with E-state index in [0.717, 1.165) is 48.2 Å². The third-order valence-corrected chi connectivity index (χ3v) is 9.05. The van der Waals surface area contributed by atoms with Gasteiger partial charge in [-0.05, 0) is 84.7 Å². The van der Waals surface area contributed by atoms with E-state index in [-0.39, 0.29) is 11.7 Å². The Labute approximate surface area is 309 Å². The fraction of sp³-hybridized carbons (Fsp3) is 0.447. The normalized spacial score (nSPS) is 17.6. The SMILES string of the molecule is C[C@H]1CN(Cc2cccc(-c3cc(CNC(=O)c4cccc(CC5CC[N+](C)(C)CC5)c4)ccc3F)c2)CCN1.O=C(O)C(F)(F)F.O=C([O-])C(F)(F)F. The van der Waals surface area contributed by atoms with Gasteiger partial charge >= 0.3 is 18.3 Å². The predicted molar refractivity (Wildman–Crippen MR) is 185 cm³/mol. The highest BCUT2D eigenvalue weighted by atomic mass is 19.4. The molecule has 2 heterocycles. The maximum absolute atomic E-state index is 14.9. The van der Waals surface area contributed by atoms with Crippen LogP contribution >= 0.6 is 0 Å². The van der Waals surface area contributed by atoms with Gasteiger partial charge in [-0.2, -0.15) is 26.3 Å². The Morgan fingerprint density at radius 3 is 2.11 bits per heavy atom. The number of carbonyl (C=O) groups excluding carboxylic acids is 2. The first-order valence-electron chi connectivity index (χ1n) is 17.2. The molecule has 296 valence electrons. The summed E-state index contributed by atoms with van der Waals surface area (Å²) in [6.45, 7) is 8.85. The molecule has 0 aromatic heterocycles. The molecule has 2 saturated heterocycles. The van der Waals surface area contributed by atoms with E-state index >= 15 is 0 Å². The number of rotatable bonds is 8. The molecule has 1 amide bonds. The van der Waals surface area contributed by atoms with Crippen LogP contribution in [0.1, 0.15) is 46.8 Å². The Morgan fingerprint density at radius 1 is 0.907 bits per heavy atom. The van der Waals surface area contributed by atoms with Crippen molar-refractivity contribution in [2.24, 2.45) is 5.92 Å². The standard InChI is InChI=1S/C34H43FN4O.2C2HF3O2/c1-25-23-38(15-14-36-25)24-29-7-5-8-30(20-29)32-21-28(10-11-33(32)35)22-37-34(40)31-9-4-6-27(19-31)18-26-12-16-39(2,3)17-13-26;2*3-2(4,5)1(6)7/h4-11,19-21,25-26,36H,12-18,22-24H2,1-3H3;2*(H,6,7)/t25-;;/m0../s1. The number of aliphatic carboxylic acids is 2. The van der Waals surface area contributed by atoms with Crippen LogP contribution in [-0.4, -0.2) is 97.5 Å². The van der Waals surface area contributed by atoms with Gasteiger partial charge in [0.25, 0.3) is 5.91 Å². The quantitative estimate of drug-likeness (QED) is 0.214. The van der Waals surface area contributed by atoms with Crippen molar-refractivity contribution in [2.75, 3.05) is 46.8 Å². The average Bonchev–Trinajstić information content (AvgIpc) is 3.09. The van der Waals surface area contributed by atoms with E-state index in [9.17, 15) is 35.5 Å². The minimum absolute atomic E-state index is 0.0959. The molecule has 2 aliphatic rings. The summed E-state index contributed by atoms with van der Waals surface area (Å²) >= 11 is 0. The fourth-order valence-electron chi connectivity index (χ4n) is 6.14. The van der Waals surface area contributed by atoms with E-state index in [1.807, 2.05) is 36.4 Å². The number of piperidine rings is 1. The molecule has 3 N–H and O–H groups in total. The van der Waals surface area contributed by atoms with Gasteiger partial charge in [-0.25, -0.2) is 9.18 Å². The molecule has 0 saturated carbocycles. The molecular weight excluding hydrogens is 725 g/mol. The lowest BCUT2D eigenvalue weighted by molar-refractivity contribution is -0.896. The molecule has 0 spiro atoms. The van der Waals surface area contributed by atoms with Crippen molar-refractivity contribution in [1.29, 1.82) is 0 Å². The predicted octanol–water partition coefficient (Wildman–Crippen LogP) is 5.18. The van der Waals surface area contributed by atoms with Crippen molar-refractivity contribution < 1.29 is 59.8 Å². The van der Waals surface area contributed by atoms with Gasteiger partial charge in [0.15, 0.2) is 0 Å². The number of carboxylic acid groups (broad SMARTS) is 2. The Balaban J connectivity index is 0.000000476. The summed E-state index contributed by atoms with van der Waals surface area (Å²) in [5.41, 5.74) is 5.40. The zero-order valence-electron chi connectivity index (χ0n) is 30.2. The van der Waals surface area contributed by atoms with E-state index < -0.39 is 24.3 Å². The van der Waals surface area contributed by atoms with Crippen LogP contribution in [0.2, 0.25) is 0 Å². The van der Waals surface area contributed by atoms with Crippen molar-refractivity contribution in [1.82, 2.24) is 15.5 Å².